The second-order valence-electron chi connectivity index (χ2n) is 9.71. The average Bonchev–Trinajstić information content (AvgIpc) is 3.46. The Balaban J connectivity index is 1.44. The van der Waals surface area contributed by atoms with Crippen LogP contribution in [0.4, 0.5) is 10.5 Å². The van der Waals surface area contributed by atoms with Crippen molar-refractivity contribution in [3.8, 4) is 0 Å². The van der Waals surface area contributed by atoms with Crippen molar-refractivity contribution in [3.05, 3.63) is 65.7 Å². The molecule has 0 saturated heterocycles. The number of hydroxylamine groups is 1. The van der Waals surface area contributed by atoms with Crippen LogP contribution < -0.4 is 21.4 Å². The highest BCUT2D eigenvalue weighted by atomic mass is 16.5. The van der Waals surface area contributed by atoms with E-state index in [0.717, 1.165) is 44.1 Å². The predicted molar refractivity (Wildman–Crippen MR) is 146 cm³/mol. The molecule has 210 valence electrons. The van der Waals surface area contributed by atoms with Crippen LogP contribution in [-0.2, 0) is 25.7 Å². The first-order chi connectivity index (χ1) is 18.9. The molecule has 0 radical (unpaired) electrons. The number of esters is 1. The summed E-state index contributed by atoms with van der Waals surface area (Å²) in [5.41, 5.74) is 3.67. The van der Waals surface area contributed by atoms with Gasteiger partial charge in [-0.1, -0.05) is 55.3 Å². The van der Waals surface area contributed by atoms with Gasteiger partial charge >= 0.3 is 12.0 Å². The molecule has 2 aromatic rings. The fourth-order valence-electron chi connectivity index (χ4n) is 4.49. The van der Waals surface area contributed by atoms with Gasteiger partial charge in [0, 0.05) is 25.1 Å². The lowest BCUT2D eigenvalue weighted by Crippen LogP contribution is -2.41. The van der Waals surface area contributed by atoms with Crippen molar-refractivity contribution in [3.63, 3.8) is 0 Å². The fourth-order valence-corrected chi connectivity index (χ4v) is 4.49. The molecule has 10 nitrogen and oxygen atoms in total. The first-order valence-corrected chi connectivity index (χ1v) is 13.6. The van der Waals surface area contributed by atoms with Gasteiger partial charge in [0.25, 0.3) is 0 Å². The topological polar surface area (TPSA) is 146 Å². The Bertz CT molecular complexity index is 1090. The van der Waals surface area contributed by atoms with E-state index < -0.39 is 23.9 Å². The van der Waals surface area contributed by atoms with Crippen LogP contribution in [0.2, 0.25) is 0 Å². The molecule has 0 heterocycles. The molecule has 1 saturated carbocycles. The highest BCUT2D eigenvalue weighted by Crippen LogP contribution is 2.24. The van der Waals surface area contributed by atoms with Crippen LogP contribution in [0.3, 0.4) is 0 Å². The summed E-state index contributed by atoms with van der Waals surface area (Å²) in [6, 6.07) is 14.8. The number of benzene rings is 2. The van der Waals surface area contributed by atoms with E-state index in [9.17, 15) is 19.2 Å². The molecular formula is C29H38N4O6. The Labute approximate surface area is 228 Å². The first-order valence-electron chi connectivity index (χ1n) is 13.6. The van der Waals surface area contributed by atoms with Gasteiger partial charge in [0.1, 0.15) is 6.10 Å². The number of rotatable bonds is 14. The Hall–Kier alpha value is -3.92. The lowest BCUT2D eigenvalue weighted by Gasteiger charge is -2.21. The number of urea groups is 1. The van der Waals surface area contributed by atoms with Crippen LogP contribution >= 0.6 is 0 Å². The van der Waals surface area contributed by atoms with Crippen LogP contribution in [0.1, 0.15) is 81.4 Å². The summed E-state index contributed by atoms with van der Waals surface area (Å²) in [4.78, 5) is 48.9. The van der Waals surface area contributed by atoms with Crippen LogP contribution in [0.5, 0.6) is 0 Å². The Morgan fingerprint density at radius 2 is 1.56 bits per heavy atom. The predicted octanol–water partition coefficient (Wildman–Crippen LogP) is 4.50. The van der Waals surface area contributed by atoms with Crippen molar-refractivity contribution < 1.29 is 29.1 Å². The number of amides is 4. The molecule has 10 heteroatoms. The Morgan fingerprint density at radius 3 is 2.26 bits per heavy atom. The third kappa shape index (κ3) is 10.8. The van der Waals surface area contributed by atoms with Crippen molar-refractivity contribution in [2.75, 3.05) is 5.32 Å². The van der Waals surface area contributed by atoms with Crippen molar-refractivity contribution in [2.45, 2.75) is 82.9 Å². The lowest BCUT2D eigenvalue weighted by atomic mass is 10.1. The average molecular weight is 539 g/mol. The van der Waals surface area contributed by atoms with E-state index in [1.165, 1.54) is 0 Å². The Morgan fingerprint density at radius 1 is 0.872 bits per heavy atom. The van der Waals surface area contributed by atoms with E-state index in [-0.39, 0.29) is 25.0 Å². The number of carbonyl (C=O) groups is 4. The summed E-state index contributed by atoms with van der Waals surface area (Å²) in [5.74, 6) is -0.988. The van der Waals surface area contributed by atoms with Gasteiger partial charge in [-0.15, -0.1) is 0 Å². The molecule has 0 aliphatic heterocycles. The van der Waals surface area contributed by atoms with E-state index in [1.807, 2.05) is 24.3 Å². The summed E-state index contributed by atoms with van der Waals surface area (Å²) in [6.45, 7) is 0.205. The van der Waals surface area contributed by atoms with E-state index in [2.05, 4.69) is 16.0 Å². The van der Waals surface area contributed by atoms with Gasteiger partial charge in [0.05, 0.1) is 0 Å². The maximum Gasteiger partial charge on any atom is 0.333 e. The standard InChI is InChI=1S/C29H38N4O6/c34-25(17-6-1-2-7-18-26(35)33-38)31-23-14-10-11-21(19-23)20-30-29(37)32-27(22-12-4-3-5-13-22)28(36)39-24-15-8-9-16-24/h3-5,10-14,19,24,27,38H,1-2,6-9,15-18,20H2,(H,31,34)(H,33,35)(H2,30,32,37). The maximum absolute atomic E-state index is 12.9. The zero-order valence-corrected chi connectivity index (χ0v) is 22.1. The minimum atomic E-state index is -0.913. The van der Waals surface area contributed by atoms with Gasteiger partial charge in [0.15, 0.2) is 6.04 Å². The minimum absolute atomic E-state index is 0.105. The SMILES string of the molecule is O=C(CCCCCCC(=O)Nc1cccc(CNC(=O)NC(C(=O)OC2CCCC2)c2ccccc2)c1)NO. The normalized spacial score (nSPS) is 13.8. The second kappa shape index (κ2) is 16.1. The zero-order valence-electron chi connectivity index (χ0n) is 22.1. The summed E-state index contributed by atoms with van der Waals surface area (Å²) in [6.07, 6.45) is 7.24. The van der Waals surface area contributed by atoms with Crippen molar-refractivity contribution in [1.29, 1.82) is 0 Å². The zero-order chi connectivity index (χ0) is 27.9. The van der Waals surface area contributed by atoms with Gasteiger partial charge in [-0.05, 0) is 61.8 Å². The van der Waals surface area contributed by atoms with E-state index in [0.29, 0.717) is 30.5 Å². The van der Waals surface area contributed by atoms with Crippen LogP contribution in [0.25, 0.3) is 0 Å². The van der Waals surface area contributed by atoms with Gasteiger partial charge in [-0.2, -0.15) is 0 Å². The molecule has 1 aliphatic carbocycles. The molecule has 5 N–H and O–H groups in total. The van der Waals surface area contributed by atoms with Gasteiger partial charge in [-0.25, -0.2) is 15.1 Å². The fraction of sp³-hybridized carbons (Fsp3) is 0.448. The molecule has 2 aromatic carbocycles. The summed E-state index contributed by atoms with van der Waals surface area (Å²) in [7, 11) is 0. The second-order valence-corrected chi connectivity index (χ2v) is 9.71. The van der Waals surface area contributed by atoms with Crippen molar-refractivity contribution in [1.82, 2.24) is 16.1 Å². The number of hydrogen-bond acceptors (Lipinski definition) is 6. The minimum Gasteiger partial charge on any atom is -0.461 e. The van der Waals surface area contributed by atoms with Crippen molar-refractivity contribution in [2.24, 2.45) is 0 Å². The summed E-state index contributed by atoms with van der Waals surface area (Å²) >= 11 is 0. The summed E-state index contributed by atoms with van der Waals surface area (Å²) in [5, 5.41) is 16.9. The quantitative estimate of drug-likeness (QED) is 0.104. The number of hydrogen-bond donors (Lipinski definition) is 5. The number of unbranched alkanes of at least 4 members (excludes halogenated alkanes) is 3. The number of anilines is 1. The molecular weight excluding hydrogens is 500 g/mol. The third-order valence-corrected chi connectivity index (χ3v) is 6.58. The number of carbonyl (C=O) groups excluding carboxylic acids is 4. The third-order valence-electron chi connectivity index (χ3n) is 6.58. The molecule has 0 bridgehead atoms. The van der Waals surface area contributed by atoms with Crippen LogP contribution in [0.15, 0.2) is 54.6 Å². The van der Waals surface area contributed by atoms with Crippen molar-refractivity contribution >= 4 is 29.5 Å². The smallest absolute Gasteiger partial charge is 0.333 e. The lowest BCUT2D eigenvalue weighted by molar-refractivity contribution is -0.151. The molecule has 3 rings (SSSR count). The number of nitrogens with one attached hydrogen (secondary N) is 4. The molecule has 0 aromatic heterocycles. The van der Waals surface area contributed by atoms with Gasteiger partial charge in [0.2, 0.25) is 11.8 Å². The summed E-state index contributed by atoms with van der Waals surface area (Å²) < 4.78 is 5.66. The largest absolute Gasteiger partial charge is 0.461 e. The molecule has 1 aliphatic rings. The molecule has 0 spiro atoms. The molecule has 39 heavy (non-hydrogen) atoms. The van der Waals surface area contributed by atoms with E-state index >= 15 is 0 Å². The Kier molecular flexibility index (Phi) is 12.3. The highest BCUT2D eigenvalue weighted by molar-refractivity contribution is 5.90. The highest BCUT2D eigenvalue weighted by Gasteiger charge is 2.28. The van der Waals surface area contributed by atoms with E-state index in [4.69, 9.17) is 9.94 Å². The van der Waals surface area contributed by atoms with Gasteiger partial charge in [-0.3, -0.25) is 14.8 Å². The van der Waals surface area contributed by atoms with Crippen LogP contribution in [-0.4, -0.2) is 35.1 Å². The number of ether oxygens (including phenoxy) is 1. The monoisotopic (exact) mass is 538 g/mol. The van der Waals surface area contributed by atoms with Crippen LogP contribution in [0, 0.1) is 0 Å². The first kappa shape index (κ1) is 29.6. The van der Waals surface area contributed by atoms with E-state index in [1.54, 1.807) is 35.8 Å². The molecule has 4 amide bonds. The molecule has 1 fully saturated rings. The molecule has 1 atom stereocenters. The van der Waals surface area contributed by atoms with Gasteiger partial charge < -0.3 is 20.7 Å². The maximum atomic E-state index is 12.9. The molecule has 1 unspecified atom stereocenters.